The standard InChI is InChI=1S/C21H38N4O3/c1-2-23-11-3-5-19(23)17-22-20(26)7-6-18-8-13-24(14-9-18)21(27)10-15-25-12-4-16-28-25/h18-19H,2-17H2,1H3,(H,22,26). The van der Waals surface area contributed by atoms with Crippen molar-refractivity contribution in [3.63, 3.8) is 0 Å². The zero-order valence-electron chi connectivity index (χ0n) is 17.5. The summed E-state index contributed by atoms with van der Waals surface area (Å²) in [6.45, 7) is 9.31. The highest BCUT2D eigenvalue weighted by Crippen LogP contribution is 2.22. The smallest absolute Gasteiger partial charge is 0.223 e. The Morgan fingerprint density at radius 3 is 2.57 bits per heavy atom. The minimum atomic E-state index is 0.187. The Labute approximate surface area is 169 Å². The van der Waals surface area contributed by atoms with Crippen molar-refractivity contribution in [2.24, 2.45) is 5.92 Å². The van der Waals surface area contributed by atoms with Crippen molar-refractivity contribution in [1.82, 2.24) is 20.2 Å². The molecule has 28 heavy (non-hydrogen) atoms. The third kappa shape index (κ3) is 6.42. The van der Waals surface area contributed by atoms with Gasteiger partial charge in [-0.2, -0.15) is 5.06 Å². The minimum Gasteiger partial charge on any atom is -0.355 e. The summed E-state index contributed by atoms with van der Waals surface area (Å²) in [5, 5.41) is 5.05. The molecule has 2 amide bonds. The Kier molecular flexibility index (Phi) is 8.55. The number of hydroxylamine groups is 2. The fraction of sp³-hybridized carbons (Fsp3) is 0.905. The number of piperidine rings is 1. The van der Waals surface area contributed by atoms with Crippen molar-refractivity contribution in [2.75, 3.05) is 52.4 Å². The van der Waals surface area contributed by atoms with E-state index in [9.17, 15) is 9.59 Å². The number of likely N-dealkylation sites (tertiary alicyclic amines) is 2. The van der Waals surface area contributed by atoms with Crippen molar-refractivity contribution in [1.29, 1.82) is 0 Å². The number of hydrogen-bond acceptors (Lipinski definition) is 5. The highest BCUT2D eigenvalue weighted by atomic mass is 16.7. The van der Waals surface area contributed by atoms with Gasteiger partial charge in [0, 0.05) is 51.6 Å². The fourth-order valence-corrected chi connectivity index (χ4v) is 4.72. The summed E-state index contributed by atoms with van der Waals surface area (Å²) in [6, 6.07) is 0.522. The first kappa shape index (κ1) is 21.5. The quantitative estimate of drug-likeness (QED) is 0.644. The fourth-order valence-electron chi connectivity index (χ4n) is 4.72. The number of carbonyl (C=O) groups excluding carboxylic acids is 2. The zero-order valence-corrected chi connectivity index (χ0v) is 17.5. The van der Waals surface area contributed by atoms with Gasteiger partial charge in [0.15, 0.2) is 0 Å². The van der Waals surface area contributed by atoms with Crippen LogP contribution >= 0.6 is 0 Å². The van der Waals surface area contributed by atoms with Gasteiger partial charge in [-0.15, -0.1) is 0 Å². The lowest BCUT2D eigenvalue weighted by Crippen LogP contribution is -2.41. The lowest BCUT2D eigenvalue weighted by Gasteiger charge is -2.32. The molecule has 3 fully saturated rings. The summed E-state index contributed by atoms with van der Waals surface area (Å²) in [5.41, 5.74) is 0. The molecule has 7 heteroatoms. The Balaban J connectivity index is 1.25. The van der Waals surface area contributed by atoms with Crippen LogP contribution in [0, 0.1) is 5.92 Å². The summed E-state index contributed by atoms with van der Waals surface area (Å²) in [5.74, 6) is 0.992. The van der Waals surface area contributed by atoms with E-state index in [0.717, 1.165) is 65.0 Å². The van der Waals surface area contributed by atoms with Crippen molar-refractivity contribution in [3.05, 3.63) is 0 Å². The first-order valence-corrected chi connectivity index (χ1v) is 11.3. The van der Waals surface area contributed by atoms with Crippen LogP contribution in [0.4, 0.5) is 0 Å². The van der Waals surface area contributed by atoms with Crippen LogP contribution < -0.4 is 5.32 Å². The first-order valence-electron chi connectivity index (χ1n) is 11.3. The molecule has 1 N–H and O–H groups in total. The molecular weight excluding hydrogens is 356 g/mol. The number of nitrogens with one attached hydrogen (secondary N) is 1. The Bertz CT molecular complexity index is 502. The molecule has 7 nitrogen and oxygen atoms in total. The van der Waals surface area contributed by atoms with Gasteiger partial charge in [-0.05, 0) is 57.5 Å². The molecular formula is C21H38N4O3. The first-order chi connectivity index (χ1) is 13.7. The number of carbonyl (C=O) groups is 2. The molecule has 1 unspecified atom stereocenters. The zero-order chi connectivity index (χ0) is 19.8. The summed E-state index contributed by atoms with van der Waals surface area (Å²) in [4.78, 5) is 34.5. The Hall–Kier alpha value is -1.18. The van der Waals surface area contributed by atoms with Gasteiger partial charge >= 0.3 is 0 Å². The molecule has 1 atom stereocenters. The average Bonchev–Trinajstić information content (AvgIpc) is 3.40. The third-order valence-corrected chi connectivity index (χ3v) is 6.59. The predicted molar refractivity (Wildman–Crippen MR) is 109 cm³/mol. The SMILES string of the molecule is CCN1CCCC1CNC(=O)CCC1CCN(C(=O)CCN2CCCO2)CC1. The molecule has 3 aliphatic rings. The largest absolute Gasteiger partial charge is 0.355 e. The third-order valence-electron chi connectivity index (χ3n) is 6.59. The molecule has 0 aromatic heterocycles. The van der Waals surface area contributed by atoms with Gasteiger partial charge in [0.2, 0.25) is 11.8 Å². The minimum absolute atomic E-state index is 0.187. The van der Waals surface area contributed by atoms with Gasteiger partial charge in [-0.1, -0.05) is 6.92 Å². The van der Waals surface area contributed by atoms with Gasteiger partial charge < -0.3 is 10.2 Å². The Morgan fingerprint density at radius 1 is 1.04 bits per heavy atom. The van der Waals surface area contributed by atoms with Crippen LogP contribution in [0.2, 0.25) is 0 Å². The summed E-state index contributed by atoms with van der Waals surface area (Å²) in [7, 11) is 0. The monoisotopic (exact) mass is 394 g/mol. The van der Waals surface area contributed by atoms with E-state index in [1.54, 1.807) is 0 Å². The highest BCUT2D eigenvalue weighted by molar-refractivity contribution is 5.76. The van der Waals surface area contributed by atoms with Crippen LogP contribution in [-0.2, 0) is 14.4 Å². The van der Waals surface area contributed by atoms with E-state index in [-0.39, 0.29) is 11.8 Å². The summed E-state index contributed by atoms with van der Waals surface area (Å²) < 4.78 is 0. The van der Waals surface area contributed by atoms with E-state index >= 15 is 0 Å². The summed E-state index contributed by atoms with van der Waals surface area (Å²) >= 11 is 0. The van der Waals surface area contributed by atoms with Crippen LogP contribution in [0.1, 0.15) is 58.3 Å². The van der Waals surface area contributed by atoms with Crippen LogP contribution in [0.25, 0.3) is 0 Å². The van der Waals surface area contributed by atoms with Gasteiger partial charge in [-0.3, -0.25) is 19.3 Å². The second-order valence-corrected chi connectivity index (χ2v) is 8.46. The van der Waals surface area contributed by atoms with E-state index in [1.807, 2.05) is 9.96 Å². The second-order valence-electron chi connectivity index (χ2n) is 8.46. The lowest BCUT2D eigenvalue weighted by atomic mass is 9.92. The predicted octanol–water partition coefficient (Wildman–Crippen LogP) is 1.63. The maximum atomic E-state index is 12.4. The number of amides is 2. The van der Waals surface area contributed by atoms with Crippen molar-refractivity contribution in [3.8, 4) is 0 Å². The van der Waals surface area contributed by atoms with E-state index in [0.29, 0.717) is 31.3 Å². The topological polar surface area (TPSA) is 65.1 Å². The number of rotatable bonds is 9. The molecule has 3 saturated heterocycles. The molecule has 0 radical (unpaired) electrons. The summed E-state index contributed by atoms with van der Waals surface area (Å²) in [6.07, 6.45) is 7.65. The van der Waals surface area contributed by atoms with Crippen LogP contribution in [-0.4, -0.2) is 85.1 Å². The maximum Gasteiger partial charge on any atom is 0.223 e. The van der Waals surface area contributed by atoms with Gasteiger partial charge in [0.05, 0.1) is 6.61 Å². The molecule has 0 aliphatic carbocycles. The normalized spacial score (nSPS) is 24.8. The molecule has 3 aliphatic heterocycles. The van der Waals surface area contributed by atoms with E-state index < -0.39 is 0 Å². The molecule has 0 saturated carbocycles. The molecule has 3 heterocycles. The van der Waals surface area contributed by atoms with E-state index in [2.05, 4.69) is 17.1 Å². The van der Waals surface area contributed by atoms with Crippen LogP contribution in [0.5, 0.6) is 0 Å². The van der Waals surface area contributed by atoms with Crippen LogP contribution in [0.3, 0.4) is 0 Å². The van der Waals surface area contributed by atoms with Crippen molar-refractivity contribution >= 4 is 11.8 Å². The molecule has 0 aromatic rings. The highest BCUT2D eigenvalue weighted by Gasteiger charge is 2.25. The van der Waals surface area contributed by atoms with Gasteiger partial charge in [0.1, 0.15) is 0 Å². The second kappa shape index (κ2) is 11.1. The van der Waals surface area contributed by atoms with Gasteiger partial charge in [-0.25, -0.2) is 0 Å². The molecule has 0 aromatic carbocycles. The van der Waals surface area contributed by atoms with Gasteiger partial charge in [0.25, 0.3) is 0 Å². The molecule has 160 valence electrons. The number of hydrogen-bond donors (Lipinski definition) is 1. The van der Waals surface area contributed by atoms with E-state index in [1.165, 1.54) is 19.4 Å². The maximum absolute atomic E-state index is 12.4. The molecule has 0 spiro atoms. The Morgan fingerprint density at radius 2 is 1.86 bits per heavy atom. The molecule has 0 bridgehead atoms. The van der Waals surface area contributed by atoms with Crippen LogP contribution in [0.15, 0.2) is 0 Å². The molecule has 3 rings (SSSR count). The lowest BCUT2D eigenvalue weighted by molar-refractivity contribution is -0.140. The van der Waals surface area contributed by atoms with E-state index in [4.69, 9.17) is 4.84 Å². The number of nitrogens with zero attached hydrogens (tertiary/aromatic N) is 3. The van der Waals surface area contributed by atoms with Crippen molar-refractivity contribution in [2.45, 2.75) is 64.3 Å². The average molecular weight is 395 g/mol. The van der Waals surface area contributed by atoms with Crippen molar-refractivity contribution < 1.29 is 14.4 Å². The number of likely N-dealkylation sites (N-methyl/N-ethyl adjacent to an activating group) is 1.